The topological polar surface area (TPSA) is 122 Å². The molecule has 0 aliphatic heterocycles. The standard InChI is InChI=1S/C16H24N2O6/c19-9-17(10-20)15(23)6-4-13-2-1-3-14(8-13)5-7-16(24)18(11-21)12-22/h1-3,8,19-22H,4-7,9-12H2. The Kier molecular flexibility index (Phi) is 8.95. The van der Waals surface area contributed by atoms with Crippen LogP contribution in [-0.2, 0) is 22.4 Å². The highest BCUT2D eigenvalue weighted by Gasteiger charge is 2.12. The molecule has 8 heteroatoms. The first-order chi connectivity index (χ1) is 11.5. The van der Waals surface area contributed by atoms with Gasteiger partial charge in [0.2, 0.25) is 11.8 Å². The zero-order chi connectivity index (χ0) is 17.9. The van der Waals surface area contributed by atoms with E-state index in [-0.39, 0.29) is 24.7 Å². The van der Waals surface area contributed by atoms with E-state index in [0.717, 1.165) is 20.9 Å². The molecular formula is C16H24N2O6. The number of aryl methyl sites for hydroxylation is 2. The van der Waals surface area contributed by atoms with Crippen molar-refractivity contribution in [1.82, 2.24) is 9.80 Å². The third-order valence-electron chi connectivity index (χ3n) is 3.63. The molecule has 0 saturated carbocycles. The van der Waals surface area contributed by atoms with Crippen LogP contribution in [0.4, 0.5) is 0 Å². The lowest BCUT2D eigenvalue weighted by molar-refractivity contribution is -0.140. The predicted octanol–water partition coefficient (Wildman–Crippen LogP) is -0.992. The molecule has 2 amide bonds. The number of carbonyl (C=O) groups excluding carboxylic acids is 2. The summed E-state index contributed by atoms with van der Waals surface area (Å²) in [6.45, 7) is -2.10. The van der Waals surface area contributed by atoms with Crippen LogP contribution in [0.15, 0.2) is 24.3 Å². The highest BCUT2D eigenvalue weighted by molar-refractivity contribution is 5.76. The van der Waals surface area contributed by atoms with Gasteiger partial charge in [0.1, 0.15) is 26.9 Å². The zero-order valence-corrected chi connectivity index (χ0v) is 13.5. The molecule has 0 unspecified atom stereocenters. The minimum atomic E-state index is -0.524. The predicted molar refractivity (Wildman–Crippen MR) is 85.1 cm³/mol. The van der Waals surface area contributed by atoms with Crippen LogP contribution in [0.3, 0.4) is 0 Å². The summed E-state index contributed by atoms with van der Waals surface area (Å²) in [5.41, 5.74) is 1.82. The highest BCUT2D eigenvalue weighted by Crippen LogP contribution is 2.11. The quantitative estimate of drug-likeness (QED) is 0.406. The lowest BCUT2D eigenvalue weighted by Crippen LogP contribution is -2.32. The summed E-state index contributed by atoms with van der Waals surface area (Å²) in [4.78, 5) is 25.3. The van der Waals surface area contributed by atoms with E-state index in [1.807, 2.05) is 24.3 Å². The van der Waals surface area contributed by atoms with Gasteiger partial charge in [-0.2, -0.15) is 0 Å². The fourth-order valence-corrected chi connectivity index (χ4v) is 2.16. The fraction of sp³-hybridized carbons (Fsp3) is 0.500. The third kappa shape index (κ3) is 6.25. The monoisotopic (exact) mass is 340 g/mol. The third-order valence-corrected chi connectivity index (χ3v) is 3.63. The number of aliphatic hydroxyl groups is 4. The van der Waals surface area contributed by atoms with Gasteiger partial charge in [-0.05, 0) is 24.0 Å². The SMILES string of the molecule is O=C(CCc1cccc(CCC(=O)N(CO)CO)c1)N(CO)CO. The summed E-state index contributed by atoms with van der Waals surface area (Å²) < 4.78 is 0. The van der Waals surface area contributed by atoms with Gasteiger partial charge in [-0.3, -0.25) is 19.4 Å². The summed E-state index contributed by atoms with van der Waals surface area (Å²) in [6.07, 6.45) is 1.23. The Morgan fingerprint density at radius 1 is 0.750 bits per heavy atom. The Morgan fingerprint density at radius 3 is 1.46 bits per heavy atom. The molecule has 0 fully saturated rings. The molecule has 8 nitrogen and oxygen atoms in total. The molecule has 0 bridgehead atoms. The molecule has 4 N–H and O–H groups in total. The number of rotatable bonds is 10. The van der Waals surface area contributed by atoms with Crippen molar-refractivity contribution in [1.29, 1.82) is 0 Å². The average Bonchev–Trinajstić information content (AvgIpc) is 2.60. The van der Waals surface area contributed by atoms with Gasteiger partial charge in [0.25, 0.3) is 0 Å². The van der Waals surface area contributed by atoms with Gasteiger partial charge in [-0.25, -0.2) is 0 Å². The summed E-state index contributed by atoms with van der Waals surface area (Å²) in [5.74, 6) is -0.691. The lowest BCUT2D eigenvalue weighted by Gasteiger charge is -2.17. The van der Waals surface area contributed by atoms with Crippen LogP contribution in [0.1, 0.15) is 24.0 Å². The van der Waals surface area contributed by atoms with Crippen molar-refractivity contribution in [2.24, 2.45) is 0 Å². The number of hydrogen-bond donors (Lipinski definition) is 4. The number of benzene rings is 1. The molecule has 0 aromatic heterocycles. The van der Waals surface area contributed by atoms with E-state index in [1.54, 1.807) is 0 Å². The van der Waals surface area contributed by atoms with E-state index in [1.165, 1.54) is 0 Å². The maximum atomic E-state index is 11.7. The van der Waals surface area contributed by atoms with Crippen LogP contribution in [0, 0.1) is 0 Å². The maximum Gasteiger partial charge on any atom is 0.226 e. The molecule has 0 atom stereocenters. The van der Waals surface area contributed by atoms with Gasteiger partial charge in [-0.1, -0.05) is 24.3 Å². The van der Waals surface area contributed by atoms with Gasteiger partial charge >= 0.3 is 0 Å². The summed E-state index contributed by atoms with van der Waals surface area (Å²) in [6, 6.07) is 7.42. The number of carbonyl (C=O) groups is 2. The normalized spacial score (nSPS) is 10.5. The van der Waals surface area contributed by atoms with Crippen LogP contribution in [0.25, 0.3) is 0 Å². The van der Waals surface area contributed by atoms with Crippen molar-refractivity contribution in [3.05, 3.63) is 35.4 Å². The lowest BCUT2D eigenvalue weighted by atomic mass is 10.0. The molecule has 0 radical (unpaired) electrons. The number of hydrogen-bond acceptors (Lipinski definition) is 6. The molecule has 0 aliphatic carbocycles. The maximum absolute atomic E-state index is 11.7. The highest BCUT2D eigenvalue weighted by atomic mass is 16.3. The van der Waals surface area contributed by atoms with Crippen LogP contribution in [0.5, 0.6) is 0 Å². The Balaban J connectivity index is 2.55. The minimum Gasteiger partial charge on any atom is -0.376 e. The first-order valence-corrected chi connectivity index (χ1v) is 7.62. The van der Waals surface area contributed by atoms with Gasteiger partial charge in [0, 0.05) is 12.8 Å². The molecule has 0 aliphatic rings. The van der Waals surface area contributed by atoms with E-state index in [2.05, 4.69) is 0 Å². The van der Waals surface area contributed by atoms with Gasteiger partial charge in [0.05, 0.1) is 0 Å². The second-order valence-electron chi connectivity index (χ2n) is 5.25. The Morgan fingerprint density at radius 2 is 1.12 bits per heavy atom. The van der Waals surface area contributed by atoms with Crippen molar-refractivity contribution in [2.75, 3.05) is 26.9 Å². The molecular weight excluding hydrogens is 316 g/mol. The molecule has 24 heavy (non-hydrogen) atoms. The molecule has 0 heterocycles. The zero-order valence-electron chi connectivity index (χ0n) is 13.5. The second kappa shape index (κ2) is 10.7. The van der Waals surface area contributed by atoms with Gasteiger partial charge in [-0.15, -0.1) is 0 Å². The largest absolute Gasteiger partial charge is 0.376 e. The number of amides is 2. The van der Waals surface area contributed by atoms with Gasteiger partial charge < -0.3 is 20.4 Å². The smallest absolute Gasteiger partial charge is 0.226 e. The number of aliphatic hydroxyl groups excluding tert-OH is 4. The van der Waals surface area contributed by atoms with E-state index in [0.29, 0.717) is 12.8 Å². The first kappa shape index (κ1) is 20.0. The Bertz CT molecular complexity index is 486. The first-order valence-electron chi connectivity index (χ1n) is 7.62. The summed E-state index contributed by atoms with van der Waals surface area (Å²) in [7, 11) is 0. The van der Waals surface area contributed by atoms with Crippen molar-refractivity contribution in [3.63, 3.8) is 0 Å². The average molecular weight is 340 g/mol. The second-order valence-corrected chi connectivity index (χ2v) is 5.25. The van der Waals surface area contributed by atoms with Crippen LogP contribution in [-0.4, -0.2) is 69.0 Å². The van der Waals surface area contributed by atoms with Crippen molar-refractivity contribution in [2.45, 2.75) is 25.7 Å². The number of nitrogens with zero attached hydrogens (tertiary/aromatic N) is 2. The van der Waals surface area contributed by atoms with Crippen LogP contribution < -0.4 is 0 Å². The van der Waals surface area contributed by atoms with Crippen LogP contribution in [0.2, 0.25) is 0 Å². The van der Waals surface area contributed by atoms with E-state index in [4.69, 9.17) is 20.4 Å². The Labute approximate surface area is 140 Å². The summed E-state index contributed by atoms with van der Waals surface area (Å²) in [5, 5.41) is 35.7. The Hall–Kier alpha value is -2.00. The van der Waals surface area contributed by atoms with E-state index < -0.39 is 26.9 Å². The summed E-state index contributed by atoms with van der Waals surface area (Å²) >= 11 is 0. The van der Waals surface area contributed by atoms with Gasteiger partial charge in [0.15, 0.2) is 0 Å². The fourth-order valence-electron chi connectivity index (χ4n) is 2.16. The molecule has 1 aromatic rings. The molecule has 134 valence electrons. The van der Waals surface area contributed by atoms with Crippen molar-refractivity contribution < 1.29 is 30.0 Å². The van der Waals surface area contributed by atoms with E-state index >= 15 is 0 Å². The minimum absolute atomic E-state index is 0.159. The van der Waals surface area contributed by atoms with Crippen molar-refractivity contribution in [3.8, 4) is 0 Å². The van der Waals surface area contributed by atoms with Crippen molar-refractivity contribution >= 4 is 11.8 Å². The molecule has 1 rings (SSSR count). The van der Waals surface area contributed by atoms with E-state index in [9.17, 15) is 9.59 Å². The molecule has 0 spiro atoms. The van der Waals surface area contributed by atoms with Crippen LogP contribution >= 0.6 is 0 Å². The molecule has 0 saturated heterocycles. The molecule has 1 aromatic carbocycles.